The van der Waals surface area contributed by atoms with Gasteiger partial charge in [0.15, 0.2) is 5.96 Å². The zero-order valence-electron chi connectivity index (χ0n) is 13.9. The number of rotatable bonds is 4. The van der Waals surface area contributed by atoms with Gasteiger partial charge in [0.25, 0.3) is 0 Å². The van der Waals surface area contributed by atoms with E-state index in [1.807, 2.05) is 31.2 Å². The number of carbonyl (C=O) groups is 1. The molecule has 23 heavy (non-hydrogen) atoms. The van der Waals surface area contributed by atoms with Crippen LogP contribution in [0.25, 0.3) is 0 Å². The number of halogens is 1. The van der Waals surface area contributed by atoms with Crippen LogP contribution in [0.5, 0.6) is 0 Å². The Labute approximate surface area is 142 Å². The van der Waals surface area contributed by atoms with Gasteiger partial charge in [-0.1, -0.05) is 36.7 Å². The number of guanidine groups is 1. The highest BCUT2D eigenvalue weighted by molar-refractivity contribution is 6.31. The number of likely N-dealkylation sites (tertiary alicyclic amines) is 1. The van der Waals surface area contributed by atoms with Crippen LogP contribution >= 0.6 is 11.6 Å². The maximum absolute atomic E-state index is 11.8. The second-order valence-electron chi connectivity index (χ2n) is 5.77. The van der Waals surface area contributed by atoms with Crippen LogP contribution in [0.3, 0.4) is 0 Å². The normalized spacial score (nSPS) is 21.4. The highest BCUT2D eigenvalue weighted by Crippen LogP contribution is 2.24. The first-order valence-corrected chi connectivity index (χ1v) is 8.29. The maximum Gasteiger partial charge on any atom is 0.310 e. The number of nitrogens with one attached hydrogen (secondary N) is 1. The van der Waals surface area contributed by atoms with E-state index in [-0.39, 0.29) is 17.8 Å². The summed E-state index contributed by atoms with van der Waals surface area (Å²) in [6.07, 6.45) is 0. The third-order valence-electron chi connectivity index (χ3n) is 4.11. The Morgan fingerprint density at radius 1 is 1.43 bits per heavy atom. The standard InChI is InChI=1S/C17H24ClN3O2/c1-4-19-17(20-9-13-7-5-6-8-15(13)18)21-10-12(2)14(11-21)16(22)23-3/h5-8,12,14H,4,9-11H2,1-3H3,(H,19,20). The van der Waals surface area contributed by atoms with E-state index in [4.69, 9.17) is 16.3 Å². The molecule has 126 valence electrons. The molecule has 0 amide bonds. The van der Waals surface area contributed by atoms with Crippen LogP contribution in [0.2, 0.25) is 5.02 Å². The topological polar surface area (TPSA) is 53.9 Å². The van der Waals surface area contributed by atoms with Gasteiger partial charge in [-0.25, -0.2) is 4.99 Å². The number of hydrogen-bond donors (Lipinski definition) is 1. The molecule has 2 rings (SSSR count). The van der Waals surface area contributed by atoms with Crippen molar-refractivity contribution < 1.29 is 9.53 Å². The van der Waals surface area contributed by atoms with Crippen LogP contribution in [0.1, 0.15) is 19.4 Å². The van der Waals surface area contributed by atoms with E-state index in [0.717, 1.165) is 24.6 Å². The van der Waals surface area contributed by atoms with Crippen molar-refractivity contribution in [1.82, 2.24) is 10.2 Å². The quantitative estimate of drug-likeness (QED) is 0.521. The molecular formula is C17H24ClN3O2. The Morgan fingerprint density at radius 3 is 2.83 bits per heavy atom. The average Bonchev–Trinajstić information content (AvgIpc) is 2.93. The third kappa shape index (κ3) is 4.38. The molecule has 1 saturated heterocycles. The van der Waals surface area contributed by atoms with Crippen molar-refractivity contribution in [2.24, 2.45) is 16.8 Å². The minimum atomic E-state index is -0.151. The molecule has 1 heterocycles. The molecule has 1 N–H and O–H groups in total. The van der Waals surface area contributed by atoms with Gasteiger partial charge in [-0.2, -0.15) is 0 Å². The van der Waals surface area contributed by atoms with E-state index in [0.29, 0.717) is 18.1 Å². The van der Waals surface area contributed by atoms with Gasteiger partial charge in [-0.15, -0.1) is 0 Å². The molecule has 1 aliphatic heterocycles. The Morgan fingerprint density at radius 2 is 2.17 bits per heavy atom. The van der Waals surface area contributed by atoms with E-state index in [9.17, 15) is 4.79 Å². The second kappa shape index (κ2) is 8.20. The third-order valence-corrected chi connectivity index (χ3v) is 4.48. The Kier molecular flexibility index (Phi) is 6.28. The summed E-state index contributed by atoms with van der Waals surface area (Å²) in [7, 11) is 1.44. The van der Waals surface area contributed by atoms with Crippen LogP contribution in [0, 0.1) is 11.8 Å². The molecule has 1 aromatic carbocycles. The van der Waals surface area contributed by atoms with E-state index in [2.05, 4.69) is 22.1 Å². The summed E-state index contributed by atoms with van der Waals surface area (Å²) in [5.41, 5.74) is 0.987. The number of methoxy groups -OCH3 is 1. The molecule has 0 aliphatic carbocycles. The monoisotopic (exact) mass is 337 g/mol. The minimum Gasteiger partial charge on any atom is -0.469 e. The van der Waals surface area contributed by atoms with Gasteiger partial charge < -0.3 is 15.0 Å². The summed E-state index contributed by atoms with van der Waals surface area (Å²) in [5.74, 6) is 0.795. The molecule has 1 aliphatic rings. The zero-order valence-corrected chi connectivity index (χ0v) is 14.6. The van der Waals surface area contributed by atoms with Crippen LogP contribution in [-0.2, 0) is 16.1 Å². The predicted molar refractivity (Wildman–Crippen MR) is 92.5 cm³/mol. The van der Waals surface area contributed by atoms with Crippen molar-refractivity contribution in [3.63, 3.8) is 0 Å². The smallest absolute Gasteiger partial charge is 0.310 e. The van der Waals surface area contributed by atoms with Crippen LogP contribution < -0.4 is 5.32 Å². The lowest BCUT2D eigenvalue weighted by molar-refractivity contribution is -0.145. The first kappa shape index (κ1) is 17.6. The summed E-state index contributed by atoms with van der Waals surface area (Å²) >= 11 is 6.19. The van der Waals surface area contributed by atoms with Gasteiger partial charge in [0, 0.05) is 24.7 Å². The van der Waals surface area contributed by atoms with Gasteiger partial charge in [0.1, 0.15) is 0 Å². The molecule has 6 heteroatoms. The molecule has 5 nitrogen and oxygen atoms in total. The Balaban J connectivity index is 2.11. The number of aliphatic imine (C=N–C) groups is 1. The van der Waals surface area contributed by atoms with Gasteiger partial charge in [0.2, 0.25) is 0 Å². The first-order chi connectivity index (χ1) is 11.1. The van der Waals surface area contributed by atoms with Crippen molar-refractivity contribution in [3.8, 4) is 0 Å². The van der Waals surface area contributed by atoms with Gasteiger partial charge in [0.05, 0.1) is 19.6 Å². The number of esters is 1. The van der Waals surface area contributed by atoms with Crippen molar-refractivity contribution in [2.75, 3.05) is 26.7 Å². The Hall–Kier alpha value is -1.75. The van der Waals surface area contributed by atoms with Crippen molar-refractivity contribution in [3.05, 3.63) is 34.9 Å². The molecular weight excluding hydrogens is 314 g/mol. The maximum atomic E-state index is 11.8. The second-order valence-corrected chi connectivity index (χ2v) is 6.18. The highest BCUT2D eigenvalue weighted by Gasteiger charge is 2.36. The van der Waals surface area contributed by atoms with E-state index >= 15 is 0 Å². The molecule has 1 fully saturated rings. The van der Waals surface area contributed by atoms with Crippen LogP contribution in [0.4, 0.5) is 0 Å². The molecule has 2 atom stereocenters. The van der Waals surface area contributed by atoms with Crippen molar-refractivity contribution in [2.45, 2.75) is 20.4 Å². The first-order valence-electron chi connectivity index (χ1n) is 7.91. The van der Waals surface area contributed by atoms with Gasteiger partial charge in [-0.05, 0) is 24.5 Å². The number of hydrogen-bond acceptors (Lipinski definition) is 3. The van der Waals surface area contributed by atoms with E-state index < -0.39 is 0 Å². The lowest BCUT2D eigenvalue weighted by atomic mass is 9.99. The average molecular weight is 338 g/mol. The minimum absolute atomic E-state index is 0.107. The number of benzene rings is 1. The molecule has 0 spiro atoms. The zero-order chi connectivity index (χ0) is 16.8. The number of nitrogens with zero attached hydrogens (tertiary/aromatic N) is 2. The van der Waals surface area contributed by atoms with E-state index in [1.54, 1.807) is 0 Å². The predicted octanol–water partition coefficient (Wildman–Crippen LogP) is 2.55. The largest absolute Gasteiger partial charge is 0.469 e. The van der Waals surface area contributed by atoms with Crippen LogP contribution in [-0.4, -0.2) is 43.6 Å². The summed E-state index contributed by atoms with van der Waals surface area (Å²) in [6, 6.07) is 7.70. The lowest BCUT2D eigenvalue weighted by Crippen LogP contribution is -2.40. The summed E-state index contributed by atoms with van der Waals surface area (Å²) in [5, 5.41) is 4.01. The van der Waals surface area contributed by atoms with Gasteiger partial charge >= 0.3 is 5.97 Å². The van der Waals surface area contributed by atoms with Gasteiger partial charge in [-0.3, -0.25) is 4.79 Å². The highest BCUT2D eigenvalue weighted by atomic mass is 35.5. The summed E-state index contributed by atoms with van der Waals surface area (Å²) in [6.45, 7) is 6.79. The van der Waals surface area contributed by atoms with Crippen molar-refractivity contribution >= 4 is 23.5 Å². The fraction of sp³-hybridized carbons (Fsp3) is 0.529. The fourth-order valence-electron chi connectivity index (χ4n) is 2.81. The van der Waals surface area contributed by atoms with Crippen LogP contribution in [0.15, 0.2) is 29.3 Å². The molecule has 2 unspecified atom stereocenters. The summed E-state index contributed by atoms with van der Waals surface area (Å²) in [4.78, 5) is 18.6. The molecule has 0 aromatic heterocycles. The lowest BCUT2D eigenvalue weighted by Gasteiger charge is -2.21. The fourth-order valence-corrected chi connectivity index (χ4v) is 3.01. The SMILES string of the molecule is CCNC(=NCc1ccccc1Cl)N1CC(C)C(C(=O)OC)C1. The number of ether oxygens (including phenoxy) is 1. The molecule has 1 aromatic rings. The van der Waals surface area contributed by atoms with Crippen molar-refractivity contribution in [1.29, 1.82) is 0 Å². The number of carbonyl (C=O) groups excluding carboxylic acids is 1. The Bertz CT molecular complexity index is 577. The molecule has 0 saturated carbocycles. The summed E-state index contributed by atoms with van der Waals surface area (Å²) < 4.78 is 4.89. The molecule has 0 radical (unpaired) electrons. The molecule has 0 bridgehead atoms. The van der Waals surface area contributed by atoms with E-state index in [1.165, 1.54) is 7.11 Å².